The number of benzene rings is 2. The molecule has 1 fully saturated rings. The van der Waals surface area contributed by atoms with Crippen LogP contribution in [0.5, 0.6) is 0 Å². The lowest BCUT2D eigenvalue weighted by Gasteiger charge is -2.39. The minimum Gasteiger partial charge on any atom is -0.366 e. The summed E-state index contributed by atoms with van der Waals surface area (Å²) in [5, 5.41) is 10.9. The van der Waals surface area contributed by atoms with Crippen molar-refractivity contribution in [2.45, 2.75) is 38.2 Å². The summed E-state index contributed by atoms with van der Waals surface area (Å²) in [4.78, 5) is 14.8. The molecule has 3 rings (SSSR count). The van der Waals surface area contributed by atoms with Gasteiger partial charge < -0.3 is 10.0 Å². The Kier molecular flexibility index (Phi) is 6.21. The Labute approximate surface area is 168 Å². The topological polar surface area (TPSA) is 40.5 Å². The summed E-state index contributed by atoms with van der Waals surface area (Å²) in [6, 6.07) is 19.4. The Morgan fingerprint density at radius 2 is 1.61 bits per heavy atom. The molecule has 1 saturated heterocycles. The van der Waals surface area contributed by atoms with Gasteiger partial charge in [-0.1, -0.05) is 80.4 Å². The highest BCUT2D eigenvalue weighted by molar-refractivity contribution is 5.89. The van der Waals surface area contributed by atoms with Crippen molar-refractivity contribution in [1.29, 1.82) is 0 Å². The molecular formula is C25H28NO2. The number of piperidine rings is 1. The Bertz CT molecular complexity index is 817. The Balaban J connectivity index is 1.72. The van der Waals surface area contributed by atoms with Crippen molar-refractivity contribution in [3.05, 3.63) is 77.7 Å². The molecule has 2 aromatic rings. The Morgan fingerprint density at radius 1 is 1.07 bits per heavy atom. The average Bonchev–Trinajstić information content (AvgIpc) is 2.74. The number of carbonyl (C=O) groups excluding carboxylic acids is 1. The van der Waals surface area contributed by atoms with Crippen molar-refractivity contribution in [3.8, 4) is 12.3 Å². The van der Waals surface area contributed by atoms with Crippen LogP contribution in [0, 0.1) is 24.2 Å². The zero-order valence-electron chi connectivity index (χ0n) is 16.6. The first-order valence-corrected chi connectivity index (χ1v) is 9.87. The first-order chi connectivity index (χ1) is 13.5. The number of nitrogens with zero attached hydrogens (tertiary/aromatic N) is 1. The molecule has 1 amide bonds. The van der Waals surface area contributed by atoms with E-state index in [1.165, 1.54) is 11.5 Å². The summed E-state index contributed by atoms with van der Waals surface area (Å²) >= 11 is 0. The molecule has 0 aliphatic carbocycles. The molecule has 1 heterocycles. The van der Waals surface area contributed by atoms with E-state index in [2.05, 4.69) is 44.0 Å². The number of terminal acetylenes is 1. The van der Waals surface area contributed by atoms with Gasteiger partial charge in [-0.25, -0.2) is 0 Å². The number of rotatable bonds is 5. The van der Waals surface area contributed by atoms with Crippen molar-refractivity contribution >= 4 is 5.91 Å². The van der Waals surface area contributed by atoms with Crippen LogP contribution >= 0.6 is 0 Å². The summed E-state index contributed by atoms with van der Waals surface area (Å²) in [6.45, 7) is 5.58. The van der Waals surface area contributed by atoms with Crippen LogP contribution in [0.1, 0.15) is 43.7 Å². The quantitative estimate of drug-likeness (QED) is 0.799. The maximum atomic E-state index is 13.1. The molecule has 1 aliphatic heterocycles. The molecular weight excluding hydrogens is 346 g/mol. The largest absolute Gasteiger partial charge is 0.366 e. The van der Waals surface area contributed by atoms with Gasteiger partial charge in [-0.2, -0.15) is 0 Å². The molecule has 1 aliphatic rings. The van der Waals surface area contributed by atoms with E-state index >= 15 is 0 Å². The lowest BCUT2D eigenvalue weighted by atomic mass is 9.74. The molecule has 28 heavy (non-hydrogen) atoms. The number of hydrogen-bond donors (Lipinski definition) is 1. The van der Waals surface area contributed by atoms with Crippen molar-refractivity contribution < 1.29 is 9.90 Å². The van der Waals surface area contributed by atoms with Gasteiger partial charge in [0.15, 0.2) is 0 Å². The van der Waals surface area contributed by atoms with Crippen LogP contribution in [0.25, 0.3) is 0 Å². The number of aliphatic hydroxyl groups is 1. The first-order valence-electron chi connectivity index (χ1n) is 9.87. The van der Waals surface area contributed by atoms with Crippen LogP contribution in [-0.2, 0) is 10.4 Å². The summed E-state index contributed by atoms with van der Waals surface area (Å²) in [5.74, 6) is 4.19. The van der Waals surface area contributed by atoms with Gasteiger partial charge in [-0.3, -0.25) is 4.79 Å². The first kappa shape index (κ1) is 20.2. The third-order valence-electron chi connectivity index (χ3n) is 5.79. The molecule has 0 saturated carbocycles. The van der Waals surface area contributed by atoms with E-state index in [-0.39, 0.29) is 0 Å². The van der Waals surface area contributed by atoms with Crippen molar-refractivity contribution in [2.24, 2.45) is 5.92 Å². The van der Waals surface area contributed by atoms with Gasteiger partial charge >= 0.3 is 0 Å². The van der Waals surface area contributed by atoms with Crippen LogP contribution in [0.15, 0.2) is 60.7 Å². The van der Waals surface area contributed by atoms with Gasteiger partial charge in [-0.05, 0) is 36.2 Å². The Hall–Kier alpha value is -2.57. The van der Waals surface area contributed by atoms with E-state index in [4.69, 9.17) is 6.42 Å². The number of carbonyl (C=O) groups is 1. The predicted molar refractivity (Wildman–Crippen MR) is 112 cm³/mol. The van der Waals surface area contributed by atoms with Crippen LogP contribution < -0.4 is 0 Å². The molecule has 0 bridgehead atoms. The van der Waals surface area contributed by atoms with Crippen molar-refractivity contribution in [2.75, 3.05) is 13.1 Å². The zero-order chi connectivity index (χ0) is 20.1. The molecule has 2 unspecified atom stereocenters. The molecule has 1 radical (unpaired) electrons. The lowest BCUT2D eigenvalue weighted by Crippen LogP contribution is -2.49. The summed E-state index contributed by atoms with van der Waals surface area (Å²) < 4.78 is 0. The highest BCUT2D eigenvalue weighted by atomic mass is 16.3. The van der Waals surface area contributed by atoms with Gasteiger partial charge in [0.05, 0.1) is 0 Å². The second kappa shape index (κ2) is 8.63. The molecule has 2 atom stereocenters. The predicted octanol–water partition coefficient (Wildman–Crippen LogP) is 4.14. The lowest BCUT2D eigenvalue weighted by molar-refractivity contribution is -0.148. The fourth-order valence-electron chi connectivity index (χ4n) is 4.35. The molecule has 0 spiro atoms. The van der Waals surface area contributed by atoms with E-state index in [1.807, 2.05) is 12.1 Å². The average molecular weight is 375 g/mol. The number of amides is 1. The van der Waals surface area contributed by atoms with E-state index in [0.29, 0.717) is 30.5 Å². The third-order valence-corrected chi connectivity index (χ3v) is 5.79. The molecule has 0 aromatic heterocycles. The minimum atomic E-state index is -1.90. The fourth-order valence-corrected chi connectivity index (χ4v) is 4.35. The number of likely N-dealkylation sites (tertiary alicyclic amines) is 1. The second-order valence-corrected chi connectivity index (χ2v) is 7.82. The van der Waals surface area contributed by atoms with Gasteiger partial charge in [0.2, 0.25) is 5.60 Å². The van der Waals surface area contributed by atoms with Crippen molar-refractivity contribution in [1.82, 2.24) is 4.90 Å². The highest BCUT2D eigenvalue weighted by Crippen LogP contribution is 2.39. The summed E-state index contributed by atoms with van der Waals surface area (Å²) in [7, 11) is 0. The van der Waals surface area contributed by atoms with Gasteiger partial charge in [0.1, 0.15) is 0 Å². The maximum absolute atomic E-state index is 13.1. The zero-order valence-corrected chi connectivity index (χ0v) is 16.6. The molecule has 3 nitrogen and oxygen atoms in total. The van der Waals surface area contributed by atoms with E-state index in [0.717, 1.165) is 12.8 Å². The van der Waals surface area contributed by atoms with Crippen molar-refractivity contribution in [3.63, 3.8) is 0 Å². The molecule has 3 heteroatoms. The van der Waals surface area contributed by atoms with Crippen LogP contribution in [-0.4, -0.2) is 29.0 Å². The van der Waals surface area contributed by atoms with E-state index < -0.39 is 11.5 Å². The summed E-state index contributed by atoms with van der Waals surface area (Å²) in [6.07, 6.45) is 7.38. The van der Waals surface area contributed by atoms with Crippen LogP contribution in [0.2, 0.25) is 0 Å². The third kappa shape index (κ3) is 3.98. The highest BCUT2D eigenvalue weighted by Gasteiger charge is 2.41. The standard InChI is InChI=1S/C25H28NO2/c1-4-25(28,22-13-9-6-10-14-22)24(27)26-17-15-21(16-18-26)23(19(2)3)20-11-7-5-8-12-20/h1,5-14,21,23,28H,15-18H2,2-3H3. The van der Waals surface area contributed by atoms with Crippen LogP contribution in [0.4, 0.5) is 0 Å². The Morgan fingerprint density at radius 3 is 2.11 bits per heavy atom. The van der Waals surface area contributed by atoms with Gasteiger partial charge in [0.25, 0.3) is 5.91 Å². The molecule has 1 N–H and O–H groups in total. The van der Waals surface area contributed by atoms with E-state index in [9.17, 15) is 9.90 Å². The smallest absolute Gasteiger partial charge is 0.272 e. The SMILES string of the molecule is C#CC(O)(C(=O)N1CCC(C([C](C)C)c2ccccc2)CC1)c1ccccc1. The number of hydrogen-bond acceptors (Lipinski definition) is 2. The van der Waals surface area contributed by atoms with Gasteiger partial charge in [-0.15, -0.1) is 6.42 Å². The molecule has 145 valence electrons. The minimum absolute atomic E-state index is 0.388. The van der Waals surface area contributed by atoms with E-state index in [1.54, 1.807) is 29.2 Å². The fraction of sp³-hybridized carbons (Fsp3) is 0.360. The monoisotopic (exact) mass is 374 g/mol. The maximum Gasteiger partial charge on any atom is 0.272 e. The van der Waals surface area contributed by atoms with Crippen LogP contribution in [0.3, 0.4) is 0 Å². The summed E-state index contributed by atoms with van der Waals surface area (Å²) in [5.41, 5.74) is -0.124. The molecule has 2 aromatic carbocycles. The second-order valence-electron chi connectivity index (χ2n) is 7.82. The normalized spacial score (nSPS) is 18.3. The van der Waals surface area contributed by atoms with Gasteiger partial charge in [0, 0.05) is 18.7 Å².